The molecule has 4 rings (SSSR count). The maximum absolute atomic E-state index is 12.8. The van der Waals surface area contributed by atoms with Gasteiger partial charge >= 0.3 is 0 Å². The van der Waals surface area contributed by atoms with E-state index in [0.717, 1.165) is 0 Å². The normalized spacial score (nSPS) is 10.4. The van der Waals surface area contributed by atoms with Crippen LogP contribution < -0.4 is 24.3 Å². The smallest absolute Gasteiger partial charge is 0.255 e. The second-order valence-electron chi connectivity index (χ2n) is 6.68. The SMILES string of the molecule is COc1cc(C(=O)Nc2ccc(Oc3cc(-n4ccnc4)ncn3)cc2)cc(OC)c1OC. The van der Waals surface area contributed by atoms with E-state index in [4.69, 9.17) is 18.9 Å². The summed E-state index contributed by atoms with van der Waals surface area (Å²) in [6.45, 7) is 0. The molecule has 0 radical (unpaired) electrons. The lowest BCUT2D eigenvalue weighted by molar-refractivity contribution is 0.102. The predicted octanol–water partition coefficient (Wildman–Crippen LogP) is 3.73. The summed E-state index contributed by atoms with van der Waals surface area (Å²) in [5.74, 6) is 2.43. The number of hydrogen-bond donors (Lipinski definition) is 1. The highest BCUT2D eigenvalue weighted by Gasteiger charge is 2.17. The third kappa shape index (κ3) is 4.85. The maximum atomic E-state index is 12.8. The summed E-state index contributed by atoms with van der Waals surface area (Å²) < 4.78 is 23.5. The van der Waals surface area contributed by atoms with Crippen LogP contribution in [0.5, 0.6) is 28.9 Å². The van der Waals surface area contributed by atoms with Crippen molar-refractivity contribution in [2.75, 3.05) is 26.6 Å². The van der Waals surface area contributed by atoms with Crippen LogP contribution in [-0.4, -0.2) is 46.8 Å². The Hall–Kier alpha value is -4.60. The Balaban J connectivity index is 1.46. The summed E-state index contributed by atoms with van der Waals surface area (Å²) in [4.78, 5) is 25.1. The summed E-state index contributed by atoms with van der Waals surface area (Å²) in [6, 6.07) is 11.8. The number of aromatic nitrogens is 4. The molecule has 0 unspecified atom stereocenters. The number of benzene rings is 2. The van der Waals surface area contributed by atoms with Crippen molar-refractivity contribution in [1.29, 1.82) is 0 Å². The van der Waals surface area contributed by atoms with Crippen LogP contribution in [0, 0.1) is 0 Å². The molecule has 33 heavy (non-hydrogen) atoms. The first-order valence-electron chi connectivity index (χ1n) is 9.81. The Labute approximate surface area is 189 Å². The Morgan fingerprint density at radius 2 is 1.67 bits per heavy atom. The van der Waals surface area contributed by atoms with Gasteiger partial charge < -0.3 is 24.3 Å². The molecule has 10 heteroatoms. The third-order valence-corrected chi connectivity index (χ3v) is 4.66. The van der Waals surface area contributed by atoms with E-state index < -0.39 is 0 Å². The number of hydrogen-bond acceptors (Lipinski definition) is 8. The van der Waals surface area contributed by atoms with E-state index in [0.29, 0.717) is 45.9 Å². The van der Waals surface area contributed by atoms with Gasteiger partial charge in [-0.1, -0.05) is 0 Å². The van der Waals surface area contributed by atoms with Gasteiger partial charge in [0.05, 0.1) is 21.3 Å². The molecular weight excluding hydrogens is 426 g/mol. The van der Waals surface area contributed by atoms with Crippen molar-refractivity contribution in [2.24, 2.45) is 0 Å². The predicted molar refractivity (Wildman–Crippen MR) is 120 cm³/mol. The van der Waals surface area contributed by atoms with Crippen molar-refractivity contribution >= 4 is 11.6 Å². The topological polar surface area (TPSA) is 110 Å². The van der Waals surface area contributed by atoms with Crippen LogP contribution in [0.4, 0.5) is 5.69 Å². The number of imidazole rings is 1. The Bertz CT molecular complexity index is 1220. The quantitative estimate of drug-likeness (QED) is 0.435. The first kappa shape index (κ1) is 21.6. The molecule has 10 nitrogen and oxygen atoms in total. The number of anilines is 1. The standard InChI is InChI=1S/C23H21N5O5/c1-30-18-10-15(11-19(31-2)22(18)32-3)23(29)27-16-4-6-17(7-5-16)33-21-12-20(25-13-26-21)28-9-8-24-14-28/h4-14H,1-3H3,(H,27,29). The molecule has 2 heterocycles. The van der Waals surface area contributed by atoms with Crippen LogP contribution in [-0.2, 0) is 0 Å². The second kappa shape index (κ2) is 9.69. The number of methoxy groups -OCH3 is 3. The van der Waals surface area contributed by atoms with Crippen LogP contribution in [0.15, 0.2) is 67.5 Å². The van der Waals surface area contributed by atoms with E-state index >= 15 is 0 Å². The Morgan fingerprint density at radius 3 is 2.27 bits per heavy atom. The average Bonchev–Trinajstić information content (AvgIpc) is 3.39. The number of carbonyl (C=O) groups excluding carboxylic acids is 1. The first-order chi connectivity index (χ1) is 16.1. The van der Waals surface area contributed by atoms with Gasteiger partial charge in [0.1, 0.15) is 24.2 Å². The third-order valence-electron chi connectivity index (χ3n) is 4.66. The molecule has 0 saturated carbocycles. The molecule has 0 aliphatic rings. The molecule has 1 N–H and O–H groups in total. The van der Waals surface area contributed by atoms with Crippen molar-refractivity contribution in [3.8, 4) is 34.7 Å². The zero-order valence-corrected chi connectivity index (χ0v) is 18.2. The lowest BCUT2D eigenvalue weighted by Crippen LogP contribution is -2.12. The maximum Gasteiger partial charge on any atom is 0.255 e. The molecule has 0 saturated heterocycles. The number of amides is 1. The van der Waals surface area contributed by atoms with Crippen LogP contribution in [0.25, 0.3) is 5.82 Å². The van der Waals surface area contributed by atoms with E-state index in [1.54, 1.807) is 65.8 Å². The fraction of sp³-hybridized carbons (Fsp3) is 0.130. The van der Waals surface area contributed by atoms with Crippen molar-refractivity contribution in [2.45, 2.75) is 0 Å². The molecule has 0 aliphatic heterocycles. The van der Waals surface area contributed by atoms with E-state index in [-0.39, 0.29) is 5.91 Å². The molecular formula is C23H21N5O5. The Kier molecular flexibility index (Phi) is 6.35. The van der Waals surface area contributed by atoms with Gasteiger partial charge in [0.25, 0.3) is 5.91 Å². The molecule has 1 amide bonds. The highest BCUT2D eigenvalue weighted by Crippen LogP contribution is 2.38. The number of carbonyl (C=O) groups is 1. The second-order valence-corrected chi connectivity index (χ2v) is 6.68. The van der Waals surface area contributed by atoms with Gasteiger partial charge in [-0.2, -0.15) is 0 Å². The minimum atomic E-state index is -0.330. The summed E-state index contributed by atoms with van der Waals surface area (Å²) >= 11 is 0. The monoisotopic (exact) mass is 447 g/mol. The molecule has 0 aliphatic carbocycles. The molecule has 2 aromatic carbocycles. The van der Waals surface area contributed by atoms with E-state index in [1.165, 1.54) is 27.7 Å². The van der Waals surface area contributed by atoms with Gasteiger partial charge in [0.2, 0.25) is 11.6 Å². The zero-order chi connectivity index (χ0) is 23.2. The van der Waals surface area contributed by atoms with Crippen LogP contribution in [0.1, 0.15) is 10.4 Å². The first-order valence-corrected chi connectivity index (χ1v) is 9.81. The number of ether oxygens (including phenoxy) is 4. The van der Waals surface area contributed by atoms with Gasteiger partial charge in [-0.3, -0.25) is 9.36 Å². The zero-order valence-electron chi connectivity index (χ0n) is 18.2. The lowest BCUT2D eigenvalue weighted by atomic mass is 10.1. The average molecular weight is 447 g/mol. The summed E-state index contributed by atoms with van der Waals surface area (Å²) in [5.41, 5.74) is 0.945. The lowest BCUT2D eigenvalue weighted by Gasteiger charge is -2.14. The van der Waals surface area contributed by atoms with Crippen molar-refractivity contribution < 1.29 is 23.7 Å². The largest absolute Gasteiger partial charge is 0.493 e. The van der Waals surface area contributed by atoms with E-state index in [1.807, 2.05) is 0 Å². The van der Waals surface area contributed by atoms with Crippen molar-refractivity contribution in [3.05, 3.63) is 73.1 Å². The van der Waals surface area contributed by atoms with Crippen molar-refractivity contribution in [1.82, 2.24) is 19.5 Å². The Morgan fingerprint density at radius 1 is 0.939 bits per heavy atom. The van der Waals surface area contributed by atoms with Crippen LogP contribution >= 0.6 is 0 Å². The summed E-state index contributed by atoms with van der Waals surface area (Å²) in [5, 5.41) is 2.83. The summed E-state index contributed by atoms with van der Waals surface area (Å²) in [7, 11) is 4.49. The van der Waals surface area contributed by atoms with Crippen LogP contribution in [0.2, 0.25) is 0 Å². The minimum absolute atomic E-state index is 0.330. The number of rotatable bonds is 8. The molecule has 2 aromatic heterocycles. The van der Waals surface area contributed by atoms with Gasteiger partial charge in [-0.25, -0.2) is 15.0 Å². The molecule has 0 bridgehead atoms. The minimum Gasteiger partial charge on any atom is -0.493 e. The molecule has 168 valence electrons. The van der Waals surface area contributed by atoms with Gasteiger partial charge in [-0.05, 0) is 36.4 Å². The highest BCUT2D eigenvalue weighted by atomic mass is 16.5. The number of nitrogens with one attached hydrogen (secondary N) is 1. The van der Waals surface area contributed by atoms with Gasteiger partial charge in [0.15, 0.2) is 11.5 Å². The van der Waals surface area contributed by atoms with Crippen LogP contribution in [0.3, 0.4) is 0 Å². The van der Waals surface area contributed by atoms with Crippen molar-refractivity contribution in [3.63, 3.8) is 0 Å². The molecule has 0 atom stereocenters. The number of nitrogens with zero attached hydrogens (tertiary/aromatic N) is 4. The molecule has 4 aromatic rings. The fourth-order valence-corrected chi connectivity index (χ4v) is 3.06. The van der Waals surface area contributed by atoms with Gasteiger partial charge in [0, 0.05) is 29.7 Å². The van der Waals surface area contributed by atoms with E-state index in [9.17, 15) is 4.79 Å². The van der Waals surface area contributed by atoms with Gasteiger partial charge in [-0.15, -0.1) is 0 Å². The molecule has 0 spiro atoms. The molecule has 0 fully saturated rings. The highest BCUT2D eigenvalue weighted by molar-refractivity contribution is 6.05. The van der Waals surface area contributed by atoms with E-state index in [2.05, 4.69) is 20.3 Å². The fourth-order valence-electron chi connectivity index (χ4n) is 3.06. The summed E-state index contributed by atoms with van der Waals surface area (Å²) in [6.07, 6.45) is 6.49.